The Bertz CT molecular complexity index is 549. The third-order valence-electron chi connectivity index (χ3n) is 3.47. The summed E-state index contributed by atoms with van der Waals surface area (Å²) in [6.07, 6.45) is 5.86. The molecular weight excluding hydrogens is 345 g/mol. The number of amides is 1. The molecule has 7 nitrogen and oxygen atoms in total. The van der Waals surface area contributed by atoms with Crippen molar-refractivity contribution in [3.05, 3.63) is 24.3 Å². The lowest BCUT2D eigenvalue weighted by Crippen LogP contribution is -2.26. The van der Waals surface area contributed by atoms with Crippen LogP contribution < -0.4 is 14.6 Å². The van der Waals surface area contributed by atoms with Crippen LogP contribution in [0.5, 0.6) is 11.5 Å². The molecule has 0 heterocycles. The number of benzene rings is 1. The van der Waals surface area contributed by atoms with Crippen LogP contribution in [0.3, 0.4) is 0 Å². The van der Waals surface area contributed by atoms with E-state index in [0.29, 0.717) is 12.2 Å². The van der Waals surface area contributed by atoms with Crippen molar-refractivity contribution in [2.24, 2.45) is 0 Å². The topological polar surface area (TPSA) is 94.1 Å². The molecule has 0 bridgehead atoms. The summed E-state index contributed by atoms with van der Waals surface area (Å²) in [5, 5.41) is 2.66. The number of phosphoric acid groups is 1. The Balaban J connectivity index is 2.18. The van der Waals surface area contributed by atoms with Crippen LogP contribution in [0.15, 0.2) is 24.3 Å². The minimum Gasteiger partial charge on any atom is -0.497 e. The van der Waals surface area contributed by atoms with Gasteiger partial charge in [-0.15, -0.1) is 0 Å². The number of methoxy groups -OCH3 is 1. The van der Waals surface area contributed by atoms with E-state index in [-0.39, 0.29) is 24.8 Å². The average molecular weight is 373 g/mol. The molecule has 0 aliphatic carbocycles. The second-order valence-corrected chi connectivity index (χ2v) is 6.96. The highest BCUT2D eigenvalue weighted by molar-refractivity contribution is 7.47. The van der Waals surface area contributed by atoms with Crippen LogP contribution in [0.4, 0.5) is 0 Å². The molecule has 0 aliphatic rings. The van der Waals surface area contributed by atoms with Gasteiger partial charge in [-0.05, 0) is 30.7 Å². The number of nitrogens with one attached hydrogen (secondary N) is 1. The highest BCUT2D eigenvalue weighted by Gasteiger charge is 2.22. The summed E-state index contributed by atoms with van der Waals surface area (Å²) in [5.74, 6) is 0.727. The predicted octanol–water partition coefficient (Wildman–Crippen LogP) is 3.67. The van der Waals surface area contributed by atoms with E-state index in [0.717, 1.165) is 19.3 Å². The minimum atomic E-state index is -4.22. The van der Waals surface area contributed by atoms with E-state index in [1.165, 1.54) is 32.1 Å². The summed E-state index contributed by atoms with van der Waals surface area (Å²) in [4.78, 5) is 21.3. The van der Waals surface area contributed by atoms with Gasteiger partial charge >= 0.3 is 7.82 Å². The molecule has 0 fully saturated rings. The molecule has 0 aromatic heterocycles. The fourth-order valence-electron chi connectivity index (χ4n) is 2.13. The second-order valence-electron chi connectivity index (χ2n) is 5.58. The zero-order chi connectivity index (χ0) is 18.5. The van der Waals surface area contributed by atoms with Gasteiger partial charge in [-0.3, -0.25) is 14.2 Å². The smallest absolute Gasteiger partial charge is 0.497 e. The summed E-state index contributed by atoms with van der Waals surface area (Å²) >= 11 is 0. The third-order valence-corrected chi connectivity index (χ3v) is 4.42. The van der Waals surface area contributed by atoms with Crippen LogP contribution in [-0.4, -0.2) is 31.1 Å². The standard InChI is InChI=1S/C17H28NO6P/c1-3-4-5-6-7-8-17(19)18-13-14-23-25(20,21)24-16-11-9-15(22-2)10-12-16/h9-12H,3-8,13-14H2,1-2H3,(H,18,19)(H,20,21). The van der Waals surface area contributed by atoms with Crippen molar-refractivity contribution >= 4 is 13.7 Å². The summed E-state index contributed by atoms with van der Waals surface area (Å²) in [5.41, 5.74) is 0. The first-order valence-corrected chi connectivity index (χ1v) is 10.0. The zero-order valence-electron chi connectivity index (χ0n) is 14.9. The fraction of sp³-hybridized carbons (Fsp3) is 0.588. The lowest BCUT2D eigenvalue weighted by Gasteiger charge is -2.13. The molecular formula is C17H28NO6P. The van der Waals surface area contributed by atoms with Gasteiger partial charge in [0.25, 0.3) is 0 Å². The van der Waals surface area contributed by atoms with E-state index in [4.69, 9.17) is 13.8 Å². The number of ether oxygens (including phenoxy) is 1. The van der Waals surface area contributed by atoms with E-state index < -0.39 is 7.82 Å². The van der Waals surface area contributed by atoms with E-state index in [1.807, 2.05) is 0 Å². The second kappa shape index (κ2) is 11.9. The first-order chi connectivity index (χ1) is 12.0. The molecule has 25 heavy (non-hydrogen) atoms. The number of hydrogen-bond acceptors (Lipinski definition) is 5. The lowest BCUT2D eigenvalue weighted by molar-refractivity contribution is -0.121. The summed E-state index contributed by atoms with van der Waals surface area (Å²) in [6, 6.07) is 6.23. The number of carbonyl (C=O) groups is 1. The van der Waals surface area contributed by atoms with Gasteiger partial charge in [-0.25, -0.2) is 4.57 Å². The maximum absolute atomic E-state index is 11.8. The Hall–Kier alpha value is -1.56. The SMILES string of the molecule is CCCCCCCC(=O)NCCOP(=O)(O)Oc1ccc(OC)cc1. The van der Waals surface area contributed by atoms with E-state index in [2.05, 4.69) is 12.2 Å². The molecule has 1 amide bonds. The van der Waals surface area contributed by atoms with Crippen LogP contribution >= 0.6 is 7.82 Å². The first kappa shape index (κ1) is 21.5. The highest BCUT2D eigenvalue weighted by atomic mass is 31.2. The molecule has 2 N–H and O–H groups in total. The Labute approximate surface area is 149 Å². The summed E-state index contributed by atoms with van der Waals surface area (Å²) < 4.78 is 26.6. The van der Waals surface area contributed by atoms with Crippen molar-refractivity contribution in [1.29, 1.82) is 0 Å². The molecule has 142 valence electrons. The quantitative estimate of drug-likeness (QED) is 0.405. The zero-order valence-corrected chi connectivity index (χ0v) is 15.8. The maximum Gasteiger partial charge on any atom is 0.527 e. The Morgan fingerprint density at radius 1 is 1.12 bits per heavy atom. The highest BCUT2D eigenvalue weighted by Crippen LogP contribution is 2.43. The molecule has 0 spiro atoms. The molecule has 1 aromatic rings. The third kappa shape index (κ3) is 10.1. The van der Waals surface area contributed by atoms with Gasteiger partial charge < -0.3 is 14.6 Å². The van der Waals surface area contributed by atoms with Crippen molar-refractivity contribution < 1.29 is 28.0 Å². The van der Waals surface area contributed by atoms with Crippen LogP contribution in [0, 0.1) is 0 Å². The molecule has 0 radical (unpaired) electrons. The number of rotatable bonds is 13. The summed E-state index contributed by atoms with van der Waals surface area (Å²) in [7, 11) is -2.70. The van der Waals surface area contributed by atoms with Gasteiger partial charge in [0.05, 0.1) is 13.7 Å². The molecule has 8 heteroatoms. The number of unbranched alkanes of at least 4 members (excludes halogenated alkanes) is 4. The normalized spacial score (nSPS) is 13.1. The molecule has 0 saturated heterocycles. The number of hydrogen-bond donors (Lipinski definition) is 2. The van der Waals surface area contributed by atoms with E-state index in [1.54, 1.807) is 12.1 Å². The van der Waals surface area contributed by atoms with Crippen LogP contribution in [0.2, 0.25) is 0 Å². The molecule has 1 atom stereocenters. The maximum atomic E-state index is 11.8. The van der Waals surface area contributed by atoms with E-state index in [9.17, 15) is 14.3 Å². The molecule has 1 aromatic carbocycles. The van der Waals surface area contributed by atoms with Crippen molar-refractivity contribution in [2.75, 3.05) is 20.3 Å². The Morgan fingerprint density at radius 3 is 2.40 bits per heavy atom. The van der Waals surface area contributed by atoms with Gasteiger partial charge in [-0.1, -0.05) is 32.6 Å². The summed E-state index contributed by atoms with van der Waals surface area (Å²) in [6.45, 7) is 2.20. The van der Waals surface area contributed by atoms with E-state index >= 15 is 0 Å². The van der Waals surface area contributed by atoms with Crippen molar-refractivity contribution in [3.63, 3.8) is 0 Å². The number of phosphoric ester groups is 1. The van der Waals surface area contributed by atoms with Crippen molar-refractivity contribution in [2.45, 2.75) is 45.4 Å². The van der Waals surface area contributed by atoms with Crippen LogP contribution in [-0.2, 0) is 13.9 Å². The van der Waals surface area contributed by atoms with Crippen molar-refractivity contribution in [3.8, 4) is 11.5 Å². The Morgan fingerprint density at radius 2 is 1.76 bits per heavy atom. The number of carbonyl (C=O) groups excluding carboxylic acids is 1. The average Bonchev–Trinajstić information content (AvgIpc) is 2.59. The molecule has 1 rings (SSSR count). The minimum absolute atomic E-state index is 0.0797. The first-order valence-electron chi connectivity index (χ1n) is 8.54. The van der Waals surface area contributed by atoms with Gasteiger partial charge in [0.15, 0.2) is 0 Å². The van der Waals surface area contributed by atoms with Crippen molar-refractivity contribution in [1.82, 2.24) is 5.32 Å². The van der Waals surface area contributed by atoms with Gasteiger partial charge in [0.1, 0.15) is 11.5 Å². The Kier molecular flexibility index (Phi) is 10.2. The van der Waals surface area contributed by atoms with Gasteiger partial charge in [0, 0.05) is 13.0 Å². The van der Waals surface area contributed by atoms with Gasteiger partial charge in [-0.2, -0.15) is 0 Å². The molecule has 1 unspecified atom stereocenters. The molecule has 0 saturated carbocycles. The largest absolute Gasteiger partial charge is 0.527 e. The fourth-order valence-corrected chi connectivity index (χ4v) is 2.89. The van der Waals surface area contributed by atoms with Crippen LogP contribution in [0.25, 0.3) is 0 Å². The van der Waals surface area contributed by atoms with Gasteiger partial charge in [0.2, 0.25) is 5.91 Å². The molecule has 0 aliphatic heterocycles. The monoisotopic (exact) mass is 373 g/mol. The predicted molar refractivity (Wildman–Crippen MR) is 95.8 cm³/mol. The lowest BCUT2D eigenvalue weighted by atomic mass is 10.1. The van der Waals surface area contributed by atoms with Crippen LogP contribution in [0.1, 0.15) is 45.4 Å².